The molecule has 132 valence electrons. The van der Waals surface area contributed by atoms with Crippen LogP contribution in [0.5, 0.6) is 0 Å². The lowest BCUT2D eigenvalue weighted by Crippen LogP contribution is -2.37. The monoisotopic (exact) mass is 346 g/mol. The standard InChI is InChI=1S/C21H22N4O/c1-16-6-5-9-18(14-16)22-20-15-19(17-7-3-2-4-8-17)23-21(24-20)25-10-12-26-13-11-25/h2-9,14-15H,10-13H2,1H3,(H,22,23,24). The molecule has 1 aliphatic heterocycles. The van der Waals surface area contributed by atoms with Crippen LogP contribution >= 0.6 is 0 Å². The fraction of sp³-hybridized carbons (Fsp3) is 0.238. The highest BCUT2D eigenvalue weighted by Gasteiger charge is 2.16. The minimum absolute atomic E-state index is 0.708. The van der Waals surface area contributed by atoms with Gasteiger partial charge in [-0.25, -0.2) is 4.98 Å². The second-order valence-electron chi connectivity index (χ2n) is 6.40. The summed E-state index contributed by atoms with van der Waals surface area (Å²) in [5.41, 5.74) is 4.23. The fourth-order valence-electron chi connectivity index (χ4n) is 3.03. The van der Waals surface area contributed by atoms with Crippen LogP contribution < -0.4 is 10.2 Å². The largest absolute Gasteiger partial charge is 0.378 e. The van der Waals surface area contributed by atoms with Crippen molar-refractivity contribution in [2.45, 2.75) is 6.92 Å². The first kappa shape index (κ1) is 16.5. The second-order valence-corrected chi connectivity index (χ2v) is 6.40. The van der Waals surface area contributed by atoms with E-state index in [4.69, 9.17) is 14.7 Å². The number of aromatic nitrogens is 2. The lowest BCUT2D eigenvalue weighted by Gasteiger charge is -2.27. The molecule has 0 saturated carbocycles. The van der Waals surface area contributed by atoms with Crippen molar-refractivity contribution in [1.29, 1.82) is 0 Å². The number of nitrogens with one attached hydrogen (secondary N) is 1. The fourth-order valence-corrected chi connectivity index (χ4v) is 3.03. The van der Waals surface area contributed by atoms with Gasteiger partial charge in [0, 0.05) is 30.4 Å². The van der Waals surface area contributed by atoms with Gasteiger partial charge in [0.15, 0.2) is 0 Å². The first-order valence-electron chi connectivity index (χ1n) is 8.89. The second kappa shape index (κ2) is 7.54. The first-order chi connectivity index (χ1) is 12.8. The summed E-state index contributed by atoms with van der Waals surface area (Å²) in [6.07, 6.45) is 0. The van der Waals surface area contributed by atoms with Crippen molar-refractivity contribution >= 4 is 17.5 Å². The van der Waals surface area contributed by atoms with E-state index in [2.05, 4.69) is 41.4 Å². The number of aryl methyl sites for hydroxylation is 1. The zero-order valence-corrected chi connectivity index (χ0v) is 14.9. The minimum atomic E-state index is 0.708. The highest BCUT2D eigenvalue weighted by molar-refractivity contribution is 5.67. The molecule has 0 radical (unpaired) electrons. The van der Waals surface area contributed by atoms with Crippen LogP contribution in [-0.4, -0.2) is 36.3 Å². The van der Waals surface area contributed by atoms with E-state index >= 15 is 0 Å². The zero-order valence-electron chi connectivity index (χ0n) is 14.9. The Balaban J connectivity index is 1.72. The third-order valence-electron chi connectivity index (χ3n) is 4.37. The summed E-state index contributed by atoms with van der Waals surface area (Å²) in [5, 5.41) is 3.43. The van der Waals surface area contributed by atoms with Crippen LogP contribution in [0.15, 0.2) is 60.7 Å². The number of hydrogen-bond acceptors (Lipinski definition) is 5. The molecule has 0 amide bonds. The number of hydrogen-bond donors (Lipinski definition) is 1. The van der Waals surface area contributed by atoms with Crippen LogP contribution in [-0.2, 0) is 4.74 Å². The molecule has 5 heteroatoms. The van der Waals surface area contributed by atoms with Crippen molar-refractivity contribution in [3.8, 4) is 11.3 Å². The van der Waals surface area contributed by atoms with E-state index in [1.54, 1.807) is 0 Å². The summed E-state index contributed by atoms with van der Waals surface area (Å²) in [7, 11) is 0. The van der Waals surface area contributed by atoms with Crippen molar-refractivity contribution in [3.63, 3.8) is 0 Å². The van der Waals surface area contributed by atoms with Gasteiger partial charge in [-0.2, -0.15) is 4.98 Å². The number of ether oxygens (including phenoxy) is 1. The van der Waals surface area contributed by atoms with Crippen molar-refractivity contribution in [2.75, 3.05) is 36.5 Å². The molecule has 1 saturated heterocycles. The third kappa shape index (κ3) is 3.83. The van der Waals surface area contributed by atoms with E-state index in [0.717, 1.165) is 41.8 Å². The third-order valence-corrected chi connectivity index (χ3v) is 4.37. The lowest BCUT2D eigenvalue weighted by molar-refractivity contribution is 0.122. The van der Waals surface area contributed by atoms with Crippen molar-refractivity contribution in [1.82, 2.24) is 9.97 Å². The Bertz CT molecular complexity index is 876. The number of anilines is 3. The van der Waals surface area contributed by atoms with Gasteiger partial charge in [0.2, 0.25) is 5.95 Å². The molecule has 1 aromatic heterocycles. The molecule has 3 aromatic rings. The van der Waals surface area contributed by atoms with Gasteiger partial charge in [0.05, 0.1) is 18.9 Å². The molecule has 0 aliphatic carbocycles. The van der Waals surface area contributed by atoms with Gasteiger partial charge in [-0.1, -0.05) is 42.5 Å². The zero-order chi connectivity index (χ0) is 17.8. The Kier molecular flexibility index (Phi) is 4.80. The van der Waals surface area contributed by atoms with Gasteiger partial charge in [-0.05, 0) is 24.6 Å². The molecular formula is C21H22N4O. The summed E-state index contributed by atoms with van der Waals surface area (Å²) in [6.45, 7) is 5.11. The first-order valence-corrected chi connectivity index (χ1v) is 8.89. The quantitative estimate of drug-likeness (QED) is 0.773. The van der Waals surface area contributed by atoms with Crippen LogP contribution in [0.1, 0.15) is 5.56 Å². The molecule has 1 fully saturated rings. The Morgan fingerprint density at radius 1 is 0.923 bits per heavy atom. The Morgan fingerprint density at radius 3 is 2.50 bits per heavy atom. The average molecular weight is 346 g/mol. The lowest BCUT2D eigenvalue weighted by atomic mass is 10.1. The molecule has 1 N–H and O–H groups in total. The smallest absolute Gasteiger partial charge is 0.228 e. The molecule has 26 heavy (non-hydrogen) atoms. The van der Waals surface area contributed by atoms with Gasteiger partial charge in [-0.3, -0.25) is 0 Å². The molecule has 0 unspecified atom stereocenters. The van der Waals surface area contributed by atoms with E-state index in [1.807, 2.05) is 36.4 Å². The molecule has 5 nitrogen and oxygen atoms in total. The van der Waals surface area contributed by atoms with E-state index in [-0.39, 0.29) is 0 Å². The molecular weight excluding hydrogens is 324 g/mol. The van der Waals surface area contributed by atoms with E-state index in [9.17, 15) is 0 Å². The van der Waals surface area contributed by atoms with Gasteiger partial charge in [-0.15, -0.1) is 0 Å². The summed E-state index contributed by atoms with van der Waals surface area (Å²) in [4.78, 5) is 11.7. The molecule has 2 heterocycles. The topological polar surface area (TPSA) is 50.3 Å². The molecule has 1 aliphatic rings. The number of nitrogens with zero attached hydrogens (tertiary/aromatic N) is 3. The Hall–Kier alpha value is -2.92. The van der Waals surface area contributed by atoms with Crippen LogP contribution in [0, 0.1) is 6.92 Å². The maximum atomic E-state index is 5.46. The maximum Gasteiger partial charge on any atom is 0.228 e. The van der Waals surface area contributed by atoms with Crippen LogP contribution in [0.2, 0.25) is 0 Å². The maximum absolute atomic E-state index is 5.46. The summed E-state index contributed by atoms with van der Waals surface area (Å²) in [6, 6.07) is 20.5. The molecule has 0 spiro atoms. The molecule has 0 bridgehead atoms. The minimum Gasteiger partial charge on any atom is -0.378 e. The number of rotatable bonds is 4. The van der Waals surface area contributed by atoms with Gasteiger partial charge >= 0.3 is 0 Å². The number of morpholine rings is 1. The van der Waals surface area contributed by atoms with Crippen LogP contribution in [0.3, 0.4) is 0 Å². The van der Waals surface area contributed by atoms with Crippen molar-refractivity contribution < 1.29 is 4.74 Å². The van der Waals surface area contributed by atoms with E-state index < -0.39 is 0 Å². The molecule has 2 aromatic carbocycles. The predicted molar refractivity (Wildman–Crippen MR) is 105 cm³/mol. The van der Waals surface area contributed by atoms with Gasteiger partial charge in [0.1, 0.15) is 5.82 Å². The molecule has 4 rings (SSSR count). The highest BCUT2D eigenvalue weighted by atomic mass is 16.5. The van der Waals surface area contributed by atoms with Crippen LogP contribution in [0.4, 0.5) is 17.5 Å². The summed E-state index contributed by atoms with van der Waals surface area (Å²) in [5.74, 6) is 1.54. The van der Waals surface area contributed by atoms with E-state index in [1.165, 1.54) is 5.56 Å². The van der Waals surface area contributed by atoms with Gasteiger partial charge < -0.3 is 15.0 Å². The normalized spacial score (nSPS) is 14.3. The summed E-state index contributed by atoms with van der Waals surface area (Å²) < 4.78 is 5.46. The number of benzene rings is 2. The van der Waals surface area contributed by atoms with Crippen molar-refractivity contribution in [3.05, 3.63) is 66.2 Å². The summed E-state index contributed by atoms with van der Waals surface area (Å²) >= 11 is 0. The van der Waals surface area contributed by atoms with Crippen LogP contribution in [0.25, 0.3) is 11.3 Å². The van der Waals surface area contributed by atoms with Gasteiger partial charge in [0.25, 0.3) is 0 Å². The SMILES string of the molecule is Cc1cccc(Nc2cc(-c3ccccc3)nc(N3CCOCC3)n2)c1. The highest BCUT2D eigenvalue weighted by Crippen LogP contribution is 2.25. The Morgan fingerprint density at radius 2 is 1.73 bits per heavy atom. The predicted octanol–water partition coefficient (Wildman–Crippen LogP) is 4.03. The molecule has 0 atom stereocenters. The van der Waals surface area contributed by atoms with Crippen molar-refractivity contribution in [2.24, 2.45) is 0 Å². The van der Waals surface area contributed by atoms with E-state index in [0.29, 0.717) is 13.2 Å². The average Bonchev–Trinajstić information content (AvgIpc) is 2.69. The Labute approximate surface area is 153 Å².